The smallest absolute Gasteiger partial charge is 0.0900 e. The third kappa shape index (κ3) is 3.78. The van der Waals surface area contributed by atoms with E-state index in [1.54, 1.807) is 0 Å². The van der Waals surface area contributed by atoms with Crippen molar-refractivity contribution in [2.75, 3.05) is 24.7 Å². The van der Waals surface area contributed by atoms with Gasteiger partial charge in [0.15, 0.2) is 0 Å². The lowest BCUT2D eigenvalue weighted by atomic mass is 10.5. The summed E-state index contributed by atoms with van der Waals surface area (Å²) in [6.45, 7) is 1.27. The molecule has 0 radical (unpaired) electrons. The Labute approximate surface area is 59.6 Å². The first-order chi connectivity index (χ1) is 4.43. The molecule has 0 spiro atoms. The monoisotopic (exact) mass is 148 g/mol. The Hall–Kier alpha value is 0.270. The maximum Gasteiger partial charge on any atom is 0.0900 e. The standard InChI is InChI=1S/C6H12O2S/c7-2-1-3-9-5-6-4-8-6/h6-7H,1-5H2. The van der Waals surface area contributed by atoms with Crippen molar-refractivity contribution in [3.8, 4) is 0 Å². The summed E-state index contributed by atoms with van der Waals surface area (Å²) < 4.78 is 5.01. The van der Waals surface area contributed by atoms with Gasteiger partial charge in [0.2, 0.25) is 0 Å². The number of hydrogen-bond donors (Lipinski definition) is 1. The Balaban J connectivity index is 1.71. The van der Waals surface area contributed by atoms with Crippen LogP contribution in [0.5, 0.6) is 0 Å². The van der Waals surface area contributed by atoms with Gasteiger partial charge in [-0.2, -0.15) is 11.8 Å². The average Bonchev–Trinajstić information content (AvgIpc) is 2.63. The largest absolute Gasteiger partial charge is 0.396 e. The van der Waals surface area contributed by atoms with Crippen LogP contribution in [0.2, 0.25) is 0 Å². The average molecular weight is 148 g/mol. The fraction of sp³-hybridized carbons (Fsp3) is 1.00. The van der Waals surface area contributed by atoms with E-state index in [0.29, 0.717) is 12.7 Å². The maximum atomic E-state index is 8.40. The predicted molar refractivity (Wildman–Crippen MR) is 38.8 cm³/mol. The molecule has 1 fully saturated rings. The number of epoxide rings is 1. The lowest BCUT2D eigenvalue weighted by Gasteiger charge is -1.94. The van der Waals surface area contributed by atoms with Crippen LogP contribution in [-0.2, 0) is 4.74 Å². The summed E-state index contributed by atoms with van der Waals surface area (Å²) in [5.74, 6) is 2.18. The van der Waals surface area contributed by atoms with E-state index in [9.17, 15) is 0 Å². The summed E-state index contributed by atoms with van der Waals surface area (Å²) in [4.78, 5) is 0. The highest BCUT2D eigenvalue weighted by Gasteiger charge is 2.21. The van der Waals surface area contributed by atoms with E-state index >= 15 is 0 Å². The van der Waals surface area contributed by atoms with Crippen LogP contribution in [0.15, 0.2) is 0 Å². The van der Waals surface area contributed by atoms with E-state index in [0.717, 1.165) is 24.5 Å². The molecular formula is C6H12O2S. The van der Waals surface area contributed by atoms with Crippen LogP contribution in [0.25, 0.3) is 0 Å². The van der Waals surface area contributed by atoms with Gasteiger partial charge in [0.1, 0.15) is 0 Å². The topological polar surface area (TPSA) is 32.8 Å². The molecule has 0 aromatic carbocycles. The summed E-state index contributed by atoms with van der Waals surface area (Å²) in [5.41, 5.74) is 0. The second kappa shape index (κ2) is 4.14. The number of aliphatic hydroxyl groups is 1. The third-order valence-corrected chi connectivity index (χ3v) is 2.34. The molecule has 0 aromatic rings. The first kappa shape index (κ1) is 7.38. The molecular weight excluding hydrogens is 136 g/mol. The Bertz CT molecular complexity index is 73.5. The van der Waals surface area contributed by atoms with E-state index in [1.807, 2.05) is 11.8 Å². The number of rotatable bonds is 5. The van der Waals surface area contributed by atoms with Gasteiger partial charge in [0.25, 0.3) is 0 Å². The zero-order valence-electron chi connectivity index (χ0n) is 5.38. The Morgan fingerprint density at radius 3 is 3.00 bits per heavy atom. The molecule has 1 unspecified atom stereocenters. The SMILES string of the molecule is OCCCSCC1CO1. The zero-order chi connectivity index (χ0) is 6.53. The molecule has 1 atom stereocenters. The first-order valence-electron chi connectivity index (χ1n) is 3.23. The second-order valence-electron chi connectivity index (χ2n) is 2.11. The molecule has 1 N–H and O–H groups in total. The minimum absolute atomic E-state index is 0.318. The molecule has 0 saturated carbocycles. The van der Waals surface area contributed by atoms with Crippen molar-refractivity contribution in [2.45, 2.75) is 12.5 Å². The van der Waals surface area contributed by atoms with Gasteiger partial charge in [0.05, 0.1) is 12.7 Å². The van der Waals surface area contributed by atoms with Crippen molar-refractivity contribution >= 4 is 11.8 Å². The van der Waals surface area contributed by atoms with Crippen LogP contribution in [0.1, 0.15) is 6.42 Å². The summed E-state index contributed by atoms with van der Waals surface area (Å²) in [5, 5.41) is 8.40. The van der Waals surface area contributed by atoms with Gasteiger partial charge in [-0.05, 0) is 12.2 Å². The van der Waals surface area contributed by atoms with E-state index in [4.69, 9.17) is 9.84 Å². The summed E-state index contributed by atoms with van der Waals surface area (Å²) in [7, 11) is 0. The van der Waals surface area contributed by atoms with Gasteiger partial charge < -0.3 is 9.84 Å². The van der Waals surface area contributed by atoms with Gasteiger partial charge >= 0.3 is 0 Å². The molecule has 1 heterocycles. The van der Waals surface area contributed by atoms with E-state index in [2.05, 4.69) is 0 Å². The molecule has 1 saturated heterocycles. The lowest BCUT2D eigenvalue weighted by molar-refractivity contribution is 0.296. The fourth-order valence-corrected chi connectivity index (χ4v) is 1.50. The first-order valence-corrected chi connectivity index (χ1v) is 4.39. The molecule has 0 bridgehead atoms. The van der Waals surface area contributed by atoms with Crippen LogP contribution in [0, 0.1) is 0 Å². The normalized spacial score (nSPS) is 24.3. The molecule has 1 aliphatic rings. The van der Waals surface area contributed by atoms with Crippen LogP contribution in [-0.4, -0.2) is 35.9 Å². The summed E-state index contributed by atoms with van der Waals surface area (Å²) in [6.07, 6.45) is 1.45. The highest BCUT2D eigenvalue weighted by molar-refractivity contribution is 7.99. The molecule has 9 heavy (non-hydrogen) atoms. The highest BCUT2D eigenvalue weighted by atomic mass is 32.2. The van der Waals surface area contributed by atoms with Gasteiger partial charge in [-0.1, -0.05) is 0 Å². The zero-order valence-corrected chi connectivity index (χ0v) is 6.19. The molecule has 0 aliphatic carbocycles. The Morgan fingerprint density at radius 2 is 2.44 bits per heavy atom. The Kier molecular flexibility index (Phi) is 3.40. The van der Waals surface area contributed by atoms with Crippen molar-refractivity contribution in [3.63, 3.8) is 0 Å². The van der Waals surface area contributed by atoms with Crippen LogP contribution < -0.4 is 0 Å². The molecule has 0 amide bonds. The predicted octanol–water partition coefficient (Wildman–Crippen LogP) is 0.501. The van der Waals surface area contributed by atoms with Crippen molar-refractivity contribution in [1.82, 2.24) is 0 Å². The van der Waals surface area contributed by atoms with E-state index in [-0.39, 0.29) is 0 Å². The molecule has 2 nitrogen and oxygen atoms in total. The second-order valence-corrected chi connectivity index (χ2v) is 3.26. The van der Waals surface area contributed by atoms with Crippen LogP contribution >= 0.6 is 11.8 Å². The number of hydrogen-bond acceptors (Lipinski definition) is 3. The fourth-order valence-electron chi connectivity index (χ4n) is 0.546. The van der Waals surface area contributed by atoms with Crippen molar-refractivity contribution in [1.29, 1.82) is 0 Å². The maximum absolute atomic E-state index is 8.40. The minimum atomic E-state index is 0.318. The molecule has 0 aromatic heterocycles. The van der Waals surface area contributed by atoms with Crippen LogP contribution in [0.4, 0.5) is 0 Å². The molecule has 1 aliphatic heterocycles. The van der Waals surface area contributed by atoms with Crippen molar-refractivity contribution in [3.05, 3.63) is 0 Å². The molecule has 1 rings (SSSR count). The molecule has 54 valence electrons. The summed E-state index contributed by atoms with van der Waals surface area (Å²) >= 11 is 1.86. The summed E-state index contributed by atoms with van der Waals surface area (Å²) in [6, 6.07) is 0. The molecule has 3 heteroatoms. The Morgan fingerprint density at radius 1 is 1.67 bits per heavy atom. The number of thioether (sulfide) groups is 1. The third-order valence-electron chi connectivity index (χ3n) is 1.15. The van der Waals surface area contributed by atoms with Gasteiger partial charge in [-0.3, -0.25) is 0 Å². The minimum Gasteiger partial charge on any atom is -0.396 e. The lowest BCUT2D eigenvalue weighted by Crippen LogP contribution is -1.92. The van der Waals surface area contributed by atoms with Gasteiger partial charge in [0, 0.05) is 12.4 Å². The van der Waals surface area contributed by atoms with Gasteiger partial charge in [-0.15, -0.1) is 0 Å². The quantitative estimate of drug-likeness (QED) is 0.455. The van der Waals surface area contributed by atoms with E-state index < -0.39 is 0 Å². The van der Waals surface area contributed by atoms with Crippen LogP contribution in [0.3, 0.4) is 0 Å². The van der Waals surface area contributed by atoms with Crippen molar-refractivity contribution < 1.29 is 9.84 Å². The van der Waals surface area contributed by atoms with E-state index in [1.165, 1.54) is 0 Å². The number of aliphatic hydroxyl groups excluding tert-OH is 1. The van der Waals surface area contributed by atoms with Gasteiger partial charge in [-0.25, -0.2) is 0 Å². The number of ether oxygens (including phenoxy) is 1. The van der Waals surface area contributed by atoms with Crippen molar-refractivity contribution in [2.24, 2.45) is 0 Å². The highest BCUT2D eigenvalue weighted by Crippen LogP contribution is 2.15.